The van der Waals surface area contributed by atoms with Gasteiger partial charge in [-0.1, -0.05) is 237 Å². The fourth-order valence-corrected chi connectivity index (χ4v) is 13.3. The molecule has 14 aromatic rings. The number of benzene rings is 14. The second kappa shape index (κ2) is 15.8. The highest BCUT2D eigenvalue weighted by Gasteiger charge is 2.26. The van der Waals surface area contributed by atoms with Gasteiger partial charge in [-0.05, 0) is 184 Å². The van der Waals surface area contributed by atoms with Crippen molar-refractivity contribution in [3.63, 3.8) is 0 Å². The van der Waals surface area contributed by atoms with Gasteiger partial charge in [0.05, 0.1) is 0 Å². The second-order valence-electron chi connectivity index (χ2n) is 20.0. The maximum atomic E-state index is 2.45. The zero-order valence-electron chi connectivity index (χ0n) is 40.4. The summed E-state index contributed by atoms with van der Waals surface area (Å²) in [6.45, 7) is 4.57. The molecule has 0 atom stereocenters. The highest BCUT2D eigenvalue weighted by molar-refractivity contribution is 6.32. The lowest BCUT2D eigenvalue weighted by molar-refractivity contribution is 1.17. The molecule has 0 saturated carbocycles. The Labute approximate surface area is 419 Å². The van der Waals surface area contributed by atoms with Crippen molar-refractivity contribution in [3.05, 3.63) is 247 Å². The maximum absolute atomic E-state index is 2.45. The van der Waals surface area contributed by atoms with Crippen molar-refractivity contribution in [3.8, 4) is 55.6 Å². The topological polar surface area (TPSA) is 0 Å². The fraction of sp³-hybridized carbons (Fsp3) is 0.0556. The molecule has 1 aliphatic carbocycles. The molecule has 0 saturated heterocycles. The molecule has 14 aromatic carbocycles. The molecule has 0 heterocycles. The Morgan fingerprint density at radius 2 is 0.667 bits per heavy atom. The summed E-state index contributed by atoms with van der Waals surface area (Å²) in [6.07, 6.45) is 4.46. The maximum Gasteiger partial charge on any atom is -0.00139 e. The molecule has 1 aliphatic rings. The lowest BCUT2D eigenvalue weighted by atomic mass is 9.78. The van der Waals surface area contributed by atoms with Crippen LogP contribution < -0.4 is 0 Å². The van der Waals surface area contributed by atoms with Gasteiger partial charge in [-0.25, -0.2) is 0 Å². The third-order valence-corrected chi connectivity index (χ3v) is 16.4. The normalized spacial score (nSPS) is 12.7. The van der Waals surface area contributed by atoms with Gasteiger partial charge in [0.25, 0.3) is 0 Å². The predicted octanol–water partition coefficient (Wildman–Crippen LogP) is 20.3. The minimum Gasteiger partial charge on any atom is -0.0763 e. The van der Waals surface area contributed by atoms with E-state index in [0.29, 0.717) is 0 Å². The zero-order chi connectivity index (χ0) is 47.6. The lowest BCUT2D eigenvalue weighted by Gasteiger charge is -2.24. The van der Waals surface area contributed by atoms with Gasteiger partial charge in [-0.2, -0.15) is 0 Å². The van der Waals surface area contributed by atoms with E-state index in [1.807, 2.05) is 0 Å². The van der Waals surface area contributed by atoms with Gasteiger partial charge in [-0.3, -0.25) is 0 Å². The van der Waals surface area contributed by atoms with Crippen LogP contribution in [-0.4, -0.2) is 0 Å². The molecule has 0 nitrogen and oxygen atoms in total. The number of allylic oxidation sites excluding steroid dienone is 2. The number of fused-ring (bicyclic) bond motifs is 4. The van der Waals surface area contributed by atoms with Crippen molar-refractivity contribution in [2.45, 2.75) is 26.7 Å². The van der Waals surface area contributed by atoms with E-state index in [9.17, 15) is 0 Å². The standard InChI is InChI=1S/C72H48/c1-3-44-32-33-47-36-40-51(63-39-31-43(2)65(44)67(47)63)49-19-4-6-21-53(49)69-55-23-8-12-27-59(55)71(60-28-13-9-24-56(60)69)72-61-29-14-10-25-57(61)70(58-26-11-15-30-62(58)72)54-22-7-5-20-50(54)52-41-37-48-35-34-45-17-16-18-46-38-42-64(52)68(48)66(45)46/h4-32,34-42H,3,33H2,1-2H3. The molecule has 0 spiro atoms. The van der Waals surface area contributed by atoms with Gasteiger partial charge in [0.2, 0.25) is 0 Å². The summed E-state index contributed by atoms with van der Waals surface area (Å²) in [6, 6.07) is 85.1. The average Bonchev–Trinajstić information content (AvgIpc) is 3.44. The summed E-state index contributed by atoms with van der Waals surface area (Å²) >= 11 is 0. The summed E-state index contributed by atoms with van der Waals surface area (Å²) < 4.78 is 0. The predicted molar refractivity (Wildman–Crippen MR) is 312 cm³/mol. The Kier molecular flexibility index (Phi) is 9.02. The van der Waals surface area contributed by atoms with Crippen LogP contribution >= 0.6 is 0 Å². The van der Waals surface area contributed by atoms with Gasteiger partial charge < -0.3 is 0 Å². The highest BCUT2D eigenvalue weighted by Crippen LogP contribution is 2.53. The van der Waals surface area contributed by atoms with Crippen LogP contribution in [0.1, 0.15) is 30.0 Å². The van der Waals surface area contributed by atoms with Gasteiger partial charge in [0.1, 0.15) is 0 Å². The molecule has 0 aliphatic heterocycles. The SMILES string of the molecule is CCC1=CCc2ccc(-c3ccccc3-c3c4ccccc4c(-c4c5ccccc5c(-c5ccccc5-c5ccc6ccc7cccc8ccc5c6c78)c5ccccc45)c4ccccc34)c3ccc(C)c1c23. The van der Waals surface area contributed by atoms with Crippen molar-refractivity contribution in [1.82, 2.24) is 0 Å². The Hall–Kier alpha value is -8.84. The first kappa shape index (κ1) is 41.0. The Morgan fingerprint density at radius 1 is 0.278 bits per heavy atom. The first-order valence-corrected chi connectivity index (χ1v) is 25.6. The zero-order valence-corrected chi connectivity index (χ0v) is 40.4. The van der Waals surface area contributed by atoms with E-state index in [1.54, 1.807) is 0 Å². The van der Waals surface area contributed by atoms with Crippen molar-refractivity contribution >= 4 is 91.8 Å². The van der Waals surface area contributed by atoms with E-state index in [1.165, 1.54) is 164 Å². The molecule has 0 fully saturated rings. The average molecular weight is 913 g/mol. The van der Waals surface area contributed by atoms with Crippen molar-refractivity contribution in [2.75, 3.05) is 0 Å². The van der Waals surface area contributed by atoms with E-state index in [0.717, 1.165) is 12.8 Å². The number of aryl methyl sites for hydroxylation is 1. The monoisotopic (exact) mass is 912 g/mol. The third kappa shape index (κ3) is 5.81. The smallest absolute Gasteiger partial charge is 0.00139 e. The van der Waals surface area contributed by atoms with Crippen LogP contribution in [0.5, 0.6) is 0 Å². The van der Waals surface area contributed by atoms with Crippen LogP contribution in [0, 0.1) is 6.92 Å². The number of hydrogen-bond donors (Lipinski definition) is 0. The van der Waals surface area contributed by atoms with Crippen molar-refractivity contribution < 1.29 is 0 Å². The minimum absolute atomic E-state index is 0.979. The second-order valence-corrected chi connectivity index (χ2v) is 20.0. The molecule has 0 N–H and O–H groups in total. The molecule has 0 aromatic heterocycles. The van der Waals surface area contributed by atoms with E-state index in [2.05, 4.69) is 244 Å². The van der Waals surface area contributed by atoms with Gasteiger partial charge in [0.15, 0.2) is 0 Å². The van der Waals surface area contributed by atoms with E-state index >= 15 is 0 Å². The van der Waals surface area contributed by atoms with Gasteiger partial charge in [0, 0.05) is 0 Å². The first-order chi connectivity index (χ1) is 35.6. The molecular weight excluding hydrogens is 865 g/mol. The molecule has 0 amide bonds. The minimum atomic E-state index is 0.979. The number of hydrogen-bond acceptors (Lipinski definition) is 0. The Bertz CT molecular complexity index is 4510. The highest BCUT2D eigenvalue weighted by atomic mass is 14.3. The fourth-order valence-electron chi connectivity index (χ4n) is 13.3. The van der Waals surface area contributed by atoms with Crippen LogP contribution in [0.4, 0.5) is 0 Å². The van der Waals surface area contributed by atoms with Gasteiger partial charge in [-0.15, -0.1) is 0 Å². The molecule has 0 heteroatoms. The summed E-state index contributed by atoms with van der Waals surface area (Å²) in [7, 11) is 0. The summed E-state index contributed by atoms with van der Waals surface area (Å²) in [5.74, 6) is 0. The van der Waals surface area contributed by atoms with Crippen LogP contribution in [0.25, 0.3) is 147 Å². The molecule has 0 unspecified atom stereocenters. The molecule has 0 bridgehead atoms. The largest absolute Gasteiger partial charge is 0.0763 e. The quantitative estimate of drug-likeness (QED) is 0.115. The number of rotatable bonds is 6. The summed E-state index contributed by atoms with van der Waals surface area (Å²) in [5, 5.41) is 20.6. The van der Waals surface area contributed by atoms with Crippen LogP contribution in [-0.2, 0) is 6.42 Å². The van der Waals surface area contributed by atoms with Crippen LogP contribution in [0.3, 0.4) is 0 Å². The molecule has 336 valence electrons. The summed E-state index contributed by atoms with van der Waals surface area (Å²) in [4.78, 5) is 0. The van der Waals surface area contributed by atoms with E-state index in [4.69, 9.17) is 0 Å². The Balaban J connectivity index is 0.997. The van der Waals surface area contributed by atoms with Gasteiger partial charge >= 0.3 is 0 Å². The molecule has 72 heavy (non-hydrogen) atoms. The van der Waals surface area contributed by atoms with E-state index in [-0.39, 0.29) is 0 Å². The third-order valence-electron chi connectivity index (χ3n) is 16.4. The van der Waals surface area contributed by atoms with Crippen molar-refractivity contribution in [2.24, 2.45) is 0 Å². The first-order valence-electron chi connectivity index (χ1n) is 25.6. The summed E-state index contributed by atoms with van der Waals surface area (Å²) in [5.41, 5.74) is 18.3. The lowest BCUT2D eigenvalue weighted by Crippen LogP contribution is -2.01. The molecule has 0 radical (unpaired) electrons. The Morgan fingerprint density at radius 3 is 1.17 bits per heavy atom. The molecule has 15 rings (SSSR count). The van der Waals surface area contributed by atoms with E-state index < -0.39 is 0 Å². The van der Waals surface area contributed by atoms with Crippen molar-refractivity contribution in [1.29, 1.82) is 0 Å². The van der Waals surface area contributed by atoms with Crippen LogP contribution in [0.2, 0.25) is 0 Å². The van der Waals surface area contributed by atoms with Crippen LogP contribution in [0.15, 0.2) is 231 Å². The molecular formula is C72H48.